The van der Waals surface area contributed by atoms with Gasteiger partial charge in [0.2, 0.25) is 5.91 Å². The largest absolute Gasteiger partial charge is 0.481 e. The van der Waals surface area contributed by atoms with Gasteiger partial charge in [-0.2, -0.15) is 0 Å². The average molecular weight is 310 g/mol. The lowest BCUT2D eigenvalue weighted by atomic mass is 9.95. The summed E-state index contributed by atoms with van der Waals surface area (Å²) in [5, 5.41) is 12.6. The Morgan fingerprint density at radius 3 is 2.62 bits per heavy atom. The molecule has 0 aliphatic heterocycles. The Hall–Kier alpha value is -1.55. The van der Waals surface area contributed by atoms with Crippen LogP contribution in [0.5, 0.6) is 0 Å². The number of hydrogen-bond donors (Lipinski definition) is 2. The Morgan fingerprint density at radius 2 is 2.00 bits per heavy atom. The van der Waals surface area contributed by atoms with Gasteiger partial charge >= 0.3 is 5.97 Å². The van der Waals surface area contributed by atoms with Crippen molar-refractivity contribution in [1.82, 2.24) is 0 Å². The molecule has 4 nitrogen and oxygen atoms in total. The van der Waals surface area contributed by atoms with E-state index in [9.17, 15) is 14.7 Å². The predicted octanol–water partition coefficient (Wildman–Crippen LogP) is 3.72. The number of aryl methyl sites for hydroxylation is 1. The van der Waals surface area contributed by atoms with Gasteiger partial charge in [-0.3, -0.25) is 9.59 Å². The van der Waals surface area contributed by atoms with Crippen LogP contribution in [0.2, 0.25) is 5.02 Å². The van der Waals surface area contributed by atoms with Crippen molar-refractivity contribution in [3.05, 3.63) is 28.8 Å². The van der Waals surface area contributed by atoms with Crippen LogP contribution in [0, 0.1) is 24.7 Å². The summed E-state index contributed by atoms with van der Waals surface area (Å²) in [7, 11) is 0. The smallest absolute Gasteiger partial charge is 0.307 e. The molecule has 21 heavy (non-hydrogen) atoms. The topological polar surface area (TPSA) is 66.4 Å². The van der Waals surface area contributed by atoms with Gasteiger partial charge in [0.1, 0.15) is 0 Å². The lowest BCUT2D eigenvalue weighted by Crippen LogP contribution is -2.30. The molecule has 1 saturated carbocycles. The minimum atomic E-state index is -0.888. The van der Waals surface area contributed by atoms with Gasteiger partial charge in [-0.15, -0.1) is 0 Å². The molecule has 2 rings (SSSR count). The molecule has 1 amide bonds. The first-order valence-corrected chi connectivity index (χ1v) is 7.60. The van der Waals surface area contributed by atoms with E-state index >= 15 is 0 Å². The number of amides is 1. The molecule has 0 heterocycles. The van der Waals surface area contributed by atoms with Crippen molar-refractivity contribution in [1.29, 1.82) is 0 Å². The Morgan fingerprint density at radius 1 is 1.33 bits per heavy atom. The van der Waals surface area contributed by atoms with E-state index in [4.69, 9.17) is 11.6 Å². The standard InChI is InChI=1S/C16H20ClNO3/c1-3-10-7-11(12(8-10)16(20)21)15(19)18-14-6-9(2)4-5-13(14)17/h4-6,10-12H,3,7-8H2,1-2H3,(H,18,19)(H,20,21). The van der Waals surface area contributed by atoms with E-state index in [1.807, 2.05) is 19.9 Å². The molecular weight excluding hydrogens is 290 g/mol. The summed E-state index contributed by atoms with van der Waals surface area (Å²) in [6.45, 7) is 3.94. The second kappa shape index (κ2) is 6.48. The van der Waals surface area contributed by atoms with Crippen LogP contribution >= 0.6 is 11.6 Å². The van der Waals surface area contributed by atoms with Crippen LogP contribution in [0.1, 0.15) is 31.7 Å². The van der Waals surface area contributed by atoms with Gasteiger partial charge in [0, 0.05) is 0 Å². The van der Waals surface area contributed by atoms with Crippen LogP contribution in [0.15, 0.2) is 18.2 Å². The molecule has 0 bridgehead atoms. The fourth-order valence-corrected chi connectivity index (χ4v) is 3.16. The number of aliphatic carboxylic acids is 1. The van der Waals surface area contributed by atoms with E-state index in [1.54, 1.807) is 12.1 Å². The Kier molecular flexibility index (Phi) is 4.88. The van der Waals surface area contributed by atoms with Crippen molar-refractivity contribution in [2.75, 3.05) is 5.32 Å². The number of nitrogens with one attached hydrogen (secondary N) is 1. The summed E-state index contributed by atoms with van der Waals surface area (Å²) < 4.78 is 0. The highest BCUT2D eigenvalue weighted by molar-refractivity contribution is 6.33. The number of anilines is 1. The quantitative estimate of drug-likeness (QED) is 0.890. The average Bonchev–Trinajstić information content (AvgIpc) is 2.87. The minimum Gasteiger partial charge on any atom is -0.481 e. The summed E-state index contributed by atoms with van der Waals surface area (Å²) in [5.41, 5.74) is 1.54. The van der Waals surface area contributed by atoms with Crippen molar-refractivity contribution < 1.29 is 14.7 Å². The molecule has 1 aromatic carbocycles. The van der Waals surface area contributed by atoms with Crippen molar-refractivity contribution in [2.24, 2.45) is 17.8 Å². The molecule has 2 N–H and O–H groups in total. The summed E-state index contributed by atoms with van der Waals surface area (Å²) in [4.78, 5) is 23.8. The fraction of sp³-hybridized carbons (Fsp3) is 0.500. The zero-order valence-electron chi connectivity index (χ0n) is 12.2. The number of carboxylic acids is 1. The van der Waals surface area contributed by atoms with Gasteiger partial charge in [-0.25, -0.2) is 0 Å². The van der Waals surface area contributed by atoms with Crippen molar-refractivity contribution in [2.45, 2.75) is 33.1 Å². The van der Waals surface area contributed by atoms with E-state index in [0.717, 1.165) is 12.0 Å². The number of carboxylic acid groups (broad SMARTS) is 1. The zero-order valence-corrected chi connectivity index (χ0v) is 13.0. The molecule has 0 aromatic heterocycles. The Labute approximate surface area is 129 Å². The number of hydrogen-bond acceptors (Lipinski definition) is 2. The molecule has 0 spiro atoms. The Bertz CT molecular complexity index is 558. The molecule has 114 valence electrons. The van der Waals surface area contributed by atoms with Gasteiger partial charge in [0.05, 0.1) is 22.5 Å². The summed E-state index contributed by atoms with van der Waals surface area (Å²) in [6.07, 6.45) is 2.10. The first kappa shape index (κ1) is 15.8. The van der Waals surface area contributed by atoms with E-state index < -0.39 is 17.8 Å². The third-order valence-corrected chi connectivity index (χ3v) is 4.60. The zero-order chi connectivity index (χ0) is 15.6. The molecule has 3 unspecified atom stereocenters. The monoisotopic (exact) mass is 309 g/mol. The molecule has 0 saturated heterocycles. The van der Waals surface area contributed by atoms with E-state index in [2.05, 4.69) is 5.32 Å². The van der Waals surface area contributed by atoms with E-state index in [-0.39, 0.29) is 5.91 Å². The second-order valence-electron chi connectivity index (χ2n) is 5.77. The number of halogens is 1. The molecule has 3 atom stereocenters. The normalized spacial score (nSPS) is 24.8. The van der Waals surface area contributed by atoms with Crippen LogP contribution in [-0.4, -0.2) is 17.0 Å². The van der Waals surface area contributed by atoms with Crippen molar-refractivity contribution in [3.8, 4) is 0 Å². The van der Waals surface area contributed by atoms with Gasteiger partial charge in [-0.1, -0.05) is 31.0 Å². The molecule has 5 heteroatoms. The lowest BCUT2D eigenvalue weighted by Gasteiger charge is -2.16. The molecule has 1 aliphatic rings. The maximum atomic E-state index is 12.4. The van der Waals surface area contributed by atoms with Crippen LogP contribution in [0.3, 0.4) is 0 Å². The van der Waals surface area contributed by atoms with Crippen LogP contribution in [0.4, 0.5) is 5.69 Å². The third kappa shape index (κ3) is 3.56. The molecule has 0 radical (unpaired) electrons. The fourth-order valence-electron chi connectivity index (χ4n) is 3.00. The number of carbonyl (C=O) groups is 2. The van der Waals surface area contributed by atoms with Crippen molar-refractivity contribution in [3.63, 3.8) is 0 Å². The molecule has 1 aromatic rings. The molecule has 1 aliphatic carbocycles. The highest BCUT2D eigenvalue weighted by atomic mass is 35.5. The maximum absolute atomic E-state index is 12.4. The summed E-state index contributed by atoms with van der Waals surface area (Å²) >= 11 is 6.07. The molecule has 1 fully saturated rings. The number of carbonyl (C=O) groups excluding carboxylic acids is 1. The van der Waals surface area contributed by atoms with Crippen LogP contribution in [-0.2, 0) is 9.59 Å². The van der Waals surface area contributed by atoms with Crippen LogP contribution < -0.4 is 5.32 Å². The summed E-state index contributed by atoms with van der Waals surface area (Å²) in [6, 6.07) is 5.38. The maximum Gasteiger partial charge on any atom is 0.307 e. The van der Waals surface area contributed by atoms with E-state index in [0.29, 0.717) is 29.5 Å². The van der Waals surface area contributed by atoms with Crippen LogP contribution in [0.25, 0.3) is 0 Å². The van der Waals surface area contributed by atoms with Gasteiger partial charge in [0.15, 0.2) is 0 Å². The lowest BCUT2D eigenvalue weighted by molar-refractivity contribution is -0.145. The van der Waals surface area contributed by atoms with Crippen molar-refractivity contribution >= 4 is 29.2 Å². The second-order valence-corrected chi connectivity index (χ2v) is 6.18. The van der Waals surface area contributed by atoms with Gasteiger partial charge in [0.25, 0.3) is 0 Å². The number of benzene rings is 1. The Balaban J connectivity index is 2.15. The first-order chi connectivity index (χ1) is 9.92. The highest BCUT2D eigenvalue weighted by Gasteiger charge is 2.42. The first-order valence-electron chi connectivity index (χ1n) is 7.22. The third-order valence-electron chi connectivity index (χ3n) is 4.27. The van der Waals surface area contributed by atoms with Gasteiger partial charge in [-0.05, 0) is 43.4 Å². The molecular formula is C16H20ClNO3. The minimum absolute atomic E-state index is 0.245. The predicted molar refractivity (Wildman–Crippen MR) is 82.4 cm³/mol. The SMILES string of the molecule is CCC1CC(C(=O)O)C(C(=O)Nc2cc(C)ccc2Cl)C1. The number of rotatable bonds is 4. The summed E-state index contributed by atoms with van der Waals surface area (Å²) in [5.74, 6) is -1.91. The highest BCUT2D eigenvalue weighted by Crippen LogP contribution is 2.39. The van der Waals surface area contributed by atoms with Gasteiger partial charge < -0.3 is 10.4 Å². The van der Waals surface area contributed by atoms with E-state index in [1.165, 1.54) is 0 Å².